The summed E-state index contributed by atoms with van der Waals surface area (Å²) in [4.78, 5) is 12.2. The molecule has 2 aromatic rings. The topological polar surface area (TPSA) is 51.5 Å². The van der Waals surface area contributed by atoms with Gasteiger partial charge in [0.1, 0.15) is 5.58 Å². The normalized spacial score (nSPS) is 11.2. The van der Waals surface area contributed by atoms with Crippen LogP contribution in [0.2, 0.25) is 0 Å². The molecule has 0 aliphatic carbocycles. The van der Waals surface area contributed by atoms with E-state index in [9.17, 15) is 4.79 Å². The van der Waals surface area contributed by atoms with Gasteiger partial charge in [-0.3, -0.25) is 4.79 Å². The Morgan fingerprint density at radius 1 is 1.35 bits per heavy atom. The molecule has 0 aliphatic heterocycles. The van der Waals surface area contributed by atoms with Gasteiger partial charge in [-0.15, -0.1) is 0 Å². The Bertz CT molecular complexity index is 586. The van der Waals surface area contributed by atoms with Gasteiger partial charge in [-0.05, 0) is 18.4 Å². The quantitative estimate of drug-likeness (QED) is 0.879. The summed E-state index contributed by atoms with van der Waals surface area (Å²) >= 11 is 0. The SMILES string of the molecule is COCc1c(C(=O)NCCC(C)C)oc2ccccc12. The second-order valence-electron chi connectivity index (χ2n) is 5.28. The fraction of sp³-hybridized carbons (Fsp3) is 0.438. The Morgan fingerprint density at radius 2 is 2.10 bits per heavy atom. The molecule has 0 spiro atoms. The lowest BCUT2D eigenvalue weighted by molar-refractivity contribution is 0.0920. The molecule has 0 aliphatic rings. The number of furan rings is 1. The molecule has 108 valence electrons. The number of hydrogen-bond acceptors (Lipinski definition) is 3. The Labute approximate surface area is 119 Å². The molecular formula is C16H21NO3. The Morgan fingerprint density at radius 3 is 2.80 bits per heavy atom. The van der Waals surface area contributed by atoms with Crippen LogP contribution in [0.15, 0.2) is 28.7 Å². The van der Waals surface area contributed by atoms with E-state index in [2.05, 4.69) is 19.2 Å². The number of rotatable bonds is 6. The molecule has 0 atom stereocenters. The summed E-state index contributed by atoms with van der Waals surface area (Å²) < 4.78 is 10.9. The number of amides is 1. The Hall–Kier alpha value is -1.81. The van der Waals surface area contributed by atoms with E-state index in [1.165, 1.54) is 0 Å². The average Bonchev–Trinajstić information content (AvgIpc) is 2.78. The summed E-state index contributed by atoms with van der Waals surface area (Å²) in [6.45, 7) is 5.28. The highest BCUT2D eigenvalue weighted by Crippen LogP contribution is 2.26. The summed E-state index contributed by atoms with van der Waals surface area (Å²) in [7, 11) is 1.61. The van der Waals surface area contributed by atoms with Crippen molar-refractivity contribution in [3.05, 3.63) is 35.6 Å². The van der Waals surface area contributed by atoms with Gasteiger partial charge in [0.15, 0.2) is 5.76 Å². The van der Waals surface area contributed by atoms with Crippen molar-refractivity contribution in [2.24, 2.45) is 5.92 Å². The van der Waals surface area contributed by atoms with Crippen molar-refractivity contribution >= 4 is 16.9 Å². The molecule has 0 saturated carbocycles. The van der Waals surface area contributed by atoms with Crippen LogP contribution in [0.25, 0.3) is 11.0 Å². The van der Waals surface area contributed by atoms with Gasteiger partial charge < -0.3 is 14.5 Å². The lowest BCUT2D eigenvalue weighted by Gasteiger charge is -2.06. The zero-order chi connectivity index (χ0) is 14.5. The van der Waals surface area contributed by atoms with Crippen LogP contribution >= 0.6 is 0 Å². The van der Waals surface area contributed by atoms with E-state index in [0.717, 1.165) is 17.4 Å². The summed E-state index contributed by atoms with van der Waals surface area (Å²) in [5.74, 6) is 0.745. The number of para-hydroxylation sites is 1. The first-order valence-corrected chi connectivity index (χ1v) is 6.91. The van der Waals surface area contributed by atoms with Crippen molar-refractivity contribution in [1.82, 2.24) is 5.32 Å². The van der Waals surface area contributed by atoms with Gasteiger partial charge >= 0.3 is 0 Å². The zero-order valence-corrected chi connectivity index (χ0v) is 12.2. The lowest BCUT2D eigenvalue weighted by atomic mass is 10.1. The van der Waals surface area contributed by atoms with Crippen molar-refractivity contribution in [2.45, 2.75) is 26.9 Å². The van der Waals surface area contributed by atoms with Gasteiger partial charge in [-0.1, -0.05) is 32.0 Å². The summed E-state index contributed by atoms with van der Waals surface area (Å²) in [5.41, 5.74) is 1.53. The van der Waals surface area contributed by atoms with Gasteiger partial charge in [0.25, 0.3) is 5.91 Å². The van der Waals surface area contributed by atoms with Crippen molar-refractivity contribution in [2.75, 3.05) is 13.7 Å². The van der Waals surface area contributed by atoms with Crippen molar-refractivity contribution in [1.29, 1.82) is 0 Å². The maximum atomic E-state index is 12.2. The number of nitrogens with one attached hydrogen (secondary N) is 1. The van der Waals surface area contributed by atoms with Crippen molar-refractivity contribution in [3.63, 3.8) is 0 Å². The van der Waals surface area contributed by atoms with Gasteiger partial charge in [0.05, 0.1) is 6.61 Å². The third-order valence-corrected chi connectivity index (χ3v) is 3.20. The first-order chi connectivity index (χ1) is 9.63. The Balaban J connectivity index is 2.23. The van der Waals surface area contributed by atoms with E-state index in [1.807, 2.05) is 24.3 Å². The fourth-order valence-electron chi connectivity index (χ4n) is 2.12. The number of methoxy groups -OCH3 is 1. The number of carbonyl (C=O) groups is 1. The average molecular weight is 275 g/mol. The second-order valence-corrected chi connectivity index (χ2v) is 5.28. The minimum absolute atomic E-state index is 0.172. The number of fused-ring (bicyclic) bond motifs is 1. The molecule has 1 aromatic carbocycles. The molecule has 0 radical (unpaired) electrons. The van der Waals surface area contributed by atoms with Crippen LogP contribution in [0.4, 0.5) is 0 Å². The van der Waals surface area contributed by atoms with E-state index in [1.54, 1.807) is 7.11 Å². The minimum Gasteiger partial charge on any atom is -0.451 e. The molecule has 0 fully saturated rings. The molecule has 1 heterocycles. The molecule has 1 aromatic heterocycles. The van der Waals surface area contributed by atoms with Gasteiger partial charge in [0, 0.05) is 24.6 Å². The van der Waals surface area contributed by atoms with Gasteiger partial charge in [-0.2, -0.15) is 0 Å². The van der Waals surface area contributed by atoms with Crippen LogP contribution in [0, 0.1) is 5.92 Å². The molecule has 1 N–H and O–H groups in total. The first kappa shape index (κ1) is 14.6. The highest BCUT2D eigenvalue weighted by molar-refractivity contribution is 5.99. The molecule has 4 heteroatoms. The maximum absolute atomic E-state index is 12.2. The van der Waals surface area contributed by atoms with E-state index in [4.69, 9.17) is 9.15 Å². The van der Waals surface area contributed by atoms with Crippen LogP contribution in [-0.4, -0.2) is 19.6 Å². The van der Waals surface area contributed by atoms with E-state index in [0.29, 0.717) is 30.4 Å². The minimum atomic E-state index is -0.172. The number of benzene rings is 1. The summed E-state index contributed by atoms with van der Waals surface area (Å²) in [5, 5.41) is 3.84. The monoisotopic (exact) mass is 275 g/mol. The lowest BCUT2D eigenvalue weighted by Crippen LogP contribution is -2.25. The van der Waals surface area contributed by atoms with E-state index < -0.39 is 0 Å². The molecule has 2 rings (SSSR count). The van der Waals surface area contributed by atoms with Crippen molar-refractivity contribution < 1.29 is 13.9 Å². The number of ether oxygens (including phenoxy) is 1. The first-order valence-electron chi connectivity index (χ1n) is 6.91. The van der Waals surface area contributed by atoms with Crippen LogP contribution in [0.5, 0.6) is 0 Å². The van der Waals surface area contributed by atoms with Crippen LogP contribution in [-0.2, 0) is 11.3 Å². The summed E-state index contributed by atoms with van der Waals surface area (Å²) in [6.07, 6.45) is 0.950. The second kappa shape index (κ2) is 6.57. The molecule has 20 heavy (non-hydrogen) atoms. The smallest absolute Gasteiger partial charge is 0.287 e. The third-order valence-electron chi connectivity index (χ3n) is 3.20. The predicted molar refractivity (Wildman–Crippen MR) is 78.7 cm³/mol. The van der Waals surface area contributed by atoms with E-state index in [-0.39, 0.29) is 5.91 Å². The highest BCUT2D eigenvalue weighted by Gasteiger charge is 2.19. The maximum Gasteiger partial charge on any atom is 0.287 e. The standard InChI is InChI=1S/C16H21NO3/c1-11(2)8-9-17-16(18)15-13(10-19-3)12-6-4-5-7-14(12)20-15/h4-7,11H,8-10H2,1-3H3,(H,17,18). The Kier molecular flexibility index (Phi) is 4.79. The molecule has 0 unspecified atom stereocenters. The van der Waals surface area contributed by atoms with Gasteiger partial charge in [-0.25, -0.2) is 0 Å². The fourth-order valence-corrected chi connectivity index (χ4v) is 2.12. The predicted octanol–water partition coefficient (Wildman–Crippen LogP) is 3.36. The number of carbonyl (C=O) groups excluding carboxylic acids is 1. The van der Waals surface area contributed by atoms with Crippen molar-refractivity contribution in [3.8, 4) is 0 Å². The molecule has 4 nitrogen and oxygen atoms in total. The van der Waals surface area contributed by atoms with Crippen LogP contribution in [0.1, 0.15) is 36.4 Å². The molecule has 0 bridgehead atoms. The van der Waals surface area contributed by atoms with Crippen LogP contribution < -0.4 is 5.32 Å². The van der Waals surface area contributed by atoms with Gasteiger partial charge in [0.2, 0.25) is 0 Å². The largest absolute Gasteiger partial charge is 0.451 e. The summed E-state index contributed by atoms with van der Waals surface area (Å²) in [6, 6.07) is 7.62. The molecule has 1 amide bonds. The molecular weight excluding hydrogens is 254 g/mol. The zero-order valence-electron chi connectivity index (χ0n) is 12.2. The third kappa shape index (κ3) is 3.20. The highest BCUT2D eigenvalue weighted by atomic mass is 16.5. The number of hydrogen-bond donors (Lipinski definition) is 1. The van der Waals surface area contributed by atoms with E-state index >= 15 is 0 Å². The molecule has 0 saturated heterocycles. The van der Waals surface area contributed by atoms with Crippen LogP contribution in [0.3, 0.4) is 0 Å².